The molecule has 28 heavy (non-hydrogen) atoms. The van der Waals surface area contributed by atoms with Gasteiger partial charge in [0.2, 0.25) is 0 Å². The summed E-state index contributed by atoms with van der Waals surface area (Å²) in [5.41, 5.74) is 8.95. The Morgan fingerprint density at radius 3 is 1.75 bits per heavy atom. The lowest BCUT2D eigenvalue weighted by Gasteiger charge is -2.34. The molecule has 0 saturated carbocycles. The lowest BCUT2D eigenvalue weighted by molar-refractivity contribution is 0.766. The zero-order valence-electron chi connectivity index (χ0n) is 16.8. The summed E-state index contributed by atoms with van der Waals surface area (Å²) < 4.78 is 0. The van der Waals surface area contributed by atoms with E-state index in [4.69, 9.17) is 0 Å². The van der Waals surface area contributed by atoms with Gasteiger partial charge in [-0.3, -0.25) is 0 Å². The Bertz CT molecular complexity index is 1030. The summed E-state index contributed by atoms with van der Waals surface area (Å²) in [4.78, 5) is 0. The molecule has 0 unspecified atom stereocenters. The molecule has 0 radical (unpaired) electrons. The van der Waals surface area contributed by atoms with Gasteiger partial charge < -0.3 is 0 Å². The van der Waals surface area contributed by atoms with Gasteiger partial charge in [0.1, 0.15) is 0 Å². The fourth-order valence-corrected chi connectivity index (χ4v) is 4.45. The van der Waals surface area contributed by atoms with Crippen LogP contribution in [0, 0.1) is 0 Å². The molecule has 1 aliphatic rings. The molecule has 0 amide bonds. The molecule has 0 bridgehead atoms. The largest absolute Gasteiger partial charge is 0.0873 e. The summed E-state index contributed by atoms with van der Waals surface area (Å²) in [5, 5.41) is 0. The highest BCUT2D eigenvalue weighted by molar-refractivity contribution is 5.86. The van der Waals surface area contributed by atoms with Crippen LogP contribution in [0.1, 0.15) is 37.5 Å². The molecule has 0 atom stereocenters. The van der Waals surface area contributed by atoms with E-state index in [0.29, 0.717) is 0 Å². The van der Waals surface area contributed by atoms with Crippen molar-refractivity contribution in [3.05, 3.63) is 131 Å². The highest BCUT2D eigenvalue weighted by Gasteiger charge is 2.46. The van der Waals surface area contributed by atoms with E-state index < -0.39 is 0 Å². The van der Waals surface area contributed by atoms with Crippen molar-refractivity contribution >= 4 is 0 Å². The molecule has 3 aromatic carbocycles. The average Bonchev–Trinajstić information content (AvgIpc) is 3.03. The van der Waals surface area contributed by atoms with E-state index in [0.717, 1.165) is 0 Å². The fraction of sp³-hybridized carbons (Fsp3) is 0.143. The molecule has 1 aliphatic carbocycles. The predicted octanol–water partition coefficient (Wildman–Crippen LogP) is 7.47. The minimum atomic E-state index is -0.313. The molecule has 0 heteroatoms. The van der Waals surface area contributed by atoms with E-state index in [1.165, 1.54) is 39.0 Å². The number of benzene rings is 3. The molecule has 3 aromatic rings. The van der Waals surface area contributed by atoms with E-state index in [-0.39, 0.29) is 5.41 Å². The van der Waals surface area contributed by atoms with Crippen LogP contribution in [0.25, 0.3) is 11.1 Å². The monoisotopic (exact) mass is 362 g/mol. The Hall–Kier alpha value is -3.12. The van der Waals surface area contributed by atoms with Gasteiger partial charge in [0, 0.05) is 0 Å². The molecular weight excluding hydrogens is 336 g/mol. The van der Waals surface area contributed by atoms with Gasteiger partial charge >= 0.3 is 0 Å². The minimum Gasteiger partial charge on any atom is -0.0873 e. The van der Waals surface area contributed by atoms with Crippen molar-refractivity contribution in [2.45, 2.75) is 26.2 Å². The Kier molecular flexibility index (Phi) is 4.88. The first-order valence-electron chi connectivity index (χ1n) is 9.93. The maximum Gasteiger partial charge on any atom is 0.0713 e. The van der Waals surface area contributed by atoms with Crippen molar-refractivity contribution in [2.75, 3.05) is 0 Å². The molecule has 0 nitrogen and oxygen atoms in total. The molecule has 0 aliphatic heterocycles. The van der Waals surface area contributed by atoms with Crippen LogP contribution < -0.4 is 0 Å². The third kappa shape index (κ3) is 2.77. The first-order valence-corrected chi connectivity index (χ1v) is 9.93. The van der Waals surface area contributed by atoms with Crippen LogP contribution >= 0.6 is 0 Å². The number of hydrogen-bond acceptors (Lipinski definition) is 0. The molecule has 0 aromatic heterocycles. The third-order valence-corrected chi connectivity index (χ3v) is 5.53. The first kappa shape index (κ1) is 18.3. The topological polar surface area (TPSA) is 0 Å². The average molecular weight is 363 g/mol. The number of allylic oxidation sites excluding steroid dienone is 6. The van der Waals surface area contributed by atoms with Gasteiger partial charge in [0.05, 0.1) is 5.41 Å². The molecule has 138 valence electrons. The zero-order chi connectivity index (χ0) is 19.6. The van der Waals surface area contributed by atoms with Crippen LogP contribution in [-0.4, -0.2) is 0 Å². The van der Waals surface area contributed by atoms with Gasteiger partial charge in [-0.15, -0.1) is 0 Å². The van der Waals surface area contributed by atoms with E-state index in [9.17, 15) is 0 Å². The van der Waals surface area contributed by atoms with Crippen LogP contribution in [0.5, 0.6) is 0 Å². The number of hydrogen-bond donors (Lipinski definition) is 0. The second kappa shape index (κ2) is 7.48. The Balaban J connectivity index is 2.17. The second-order valence-corrected chi connectivity index (χ2v) is 7.57. The van der Waals surface area contributed by atoms with E-state index in [1.807, 2.05) is 0 Å². The second-order valence-electron chi connectivity index (χ2n) is 7.57. The number of rotatable bonds is 4. The zero-order valence-corrected chi connectivity index (χ0v) is 16.8. The number of fused-ring (bicyclic) bond motifs is 3. The van der Waals surface area contributed by atoms with Gasteiger partial charge in [-0.1, -0.05) is 109 Å². The van der Waals surface area contributed by atoms with Crippen LogP contribution in [0.2, 0.25) is 0 Å². The Morgan fingerprint density at radius 2 is 1.21 bits per heavy atom. The van der Waals surface area contributed by atoms with Crippen molar-refractivity contribution in [3.8, 4) is 11.1 Å². The summed E-state index contributed by atoms with van der Waals surface area (Å²) in [7, 11) is 0. The first-order chi connectivity index (χ1) is 13.7. The molecule has 0 spiro atoms. The van der Waals surface area contributed by atoms with Gasteiger partial charge in [-0.25, -0.2) is 0 Å². The molecule has 4 rings (SSSR count). The maximum absolute atomic E-state index is 2.29. The Labute approximate surface area is 168 Å². The van der Waals surface area contributed by atoms with E-state index in [1.54, 1.807) is 0 Å². The summed E-state index contributed by atoms with van der Waals surface area (Å²) in [6.07, 6.45) is 8.94. The maximum atomic E-state index is 2.29. The molecular formula is C28H26. The van der Waals surface area contributed by atoms with Crippen LogP contribution in [0.15, 0.2) is 114 Å². The molecule has 0 saturated heterocycles. The third-order valence-electron chi connectivity index (χ3n) is 5.53. The fourth-order valence-electron chi connectivity index (χ4n) is 4.45. The molecule has 0 N–H and O–H groups in total. The van der Waals surface area contributed by atoms with Crippen molar-refractivity contribution in [3.63, 3.8) is 0 Å². The Morgan fingerprint density at radius 1 is 0.679 bits per heavy atom. The minimum absolute atomic E-state index is 0.313. The highest BCUT2D eigenvalue weighted by Crippen LogP contribution is 2.56. The van der Waals surface area contributed by atoms with Gasteiger partial charge in [-0.05, 0) is 54.2 Å². The van der Waals surface area contributed by atoms with Crippen LogP contribution in [0.4, 0.5) is 0 Å². The van der Waals surface area contributed by atoms with Crippen molar-refractivity contribution in [2.24, 2.45) is 0 Å². The normalized spacial score (nSPS) is 14.6. The van der Waals surface area contributed by atoms with Gasteiger partial charge in [-0.2, -0.15) is 0 Å². The van der Waals surface area contributed by atoms with Crippen molar-refractivity contribution < 1.29 is 0 Å². The standard InChI is InChI=1S/C28H26/c1-4-12-22(20-19-21(2)3)28(23-13-6-5-7-14-23)26-17-10-8-15-24(26)25-16-9-11-18-27(25)28/h4-20H,1-3H3/b12-4-,22-20+. The van der Waals surface area contributed by atoms with Crippen LogP contribution in [-0.2, 0) is 5.41 Å². The summed E-state index contributed by atoms with van der Waals surface area (Å²) >= 11 is 0. The predicted molar refractivity (Wildman–Crippen MR) is 121 cm³/mol. The van der Waals surface area contributed by atoms with Gasteiger partial charge in [0.15, 0.2) is 0 Å². The van der Waals surface area contributed by atoms with Crippen molar-refractivity contribution in [1.82, 2.24) is 0 Å². The molecule has 0 heterocycles. The lowest BCUT2D eigenvalue weighted by atomic mass is 9.67. The van der Waals surface area contributed by atoms with Crippen molar-refractivity contribution in [1.29, 1.82) is 0 Å². The van der Waals surface area contributed by atoms with Gasteiger partial charge in [0.25, 0.3) is 0 Å². The van der Waals surface area contributed by atoms with Crippen LogP contribution in [0.3, 0.4) is 0 Å². The summed E-state index contributed by atoms with van der Waals surface area (Å²) in [6, 6.07) is 28.6. The molecule has 0 fully saturated rings. The summed E-state index contributed by atoms with van der Waals surface area (Å²) in [6.45, 7) is 6.40. The highest BCUT2D eigenvalue weighted by atomic mass is 14.5. The van der Waals surface area contributed by atoms with E-state index in [2.05, 4.69) is 124 Å². The SMILES string of the molecule is C/C=C\C(=C/C=C(C)C)C1(c2ccccc2)c2ccccc2-c2ccccc21. The van der Waals surface area contributed by atoms with E-state index >= 15 is 0 Å². The summed E-state index contributed by atoms with van der Waals surface area (Å²) in [5.74, 6) is 0. The lowest BCUT2D eigenvalue weighted by Crippen LogP contribution is -2.29. The smallest absolute Gasteiger partial charge is 0.0713 e. The quantitative estimate of drug-likeness (QED) is 0.422.